The van der Waals surface area contributed by atoms with Crippen molar-refractivity contribution in [1.29, 1.82) is 0 Å². The molecule has 0 saturated heterocycles. The molecule has 5 aromatic rings. The number of benzene rings is 4. The molecule has 1 amide bonds. The van der Waals surface area contributed by atoms with E-state index in [1.165, 1.54) is 0 Å². The van der Waals surface area contributed by atoms with Crippen molar-refractivity contribution in [3.05, 3.63) is 105 Å². The Hall–Kier alpha value is -3.92. The predicted octanol–water partition coefficient (Wildman–Crippen LogP) is 6.82. The van der Waals surface area contributed by atoms with E-state index in [0.29, 0.717) is 66.7 Å². The average Bonchev–Trinajstić information content (AvgIpc) is 3.45. The van der Waals surface area contributed by atoms with Crippen LogP contribution in [-0.4, -0.2) is 22.8 Å². The Morgan fingerprint density at radius 3 is 2.54 bits per heavy atom. The number of nitrogens with two attached hydrogens (primary N) is 1. The molecule has 4 aromatic carbocycles. The van der Waals surface area contributed by atoms with Gasteiger partial charge in [0.25, 0.3) is 0 Å². The third-order valence-electron chi connectivity index (χ3n) is 6.47. The van der Waals surface area contributed by atoms with Crippen molar-refractivity contribution in [2.75, 3.05) is 6.54 Å². The van der Waals surface area contributed by atoms with Crippen LogP contribution in [0.1, 0.15) is 29.5 Å². The standard InChI is InChI=1S/C31H28BrClN4O4/c32-31-22(8-4-9-24(31)21-6-2-1-3-7-21)19-40-29-16-28(23(15-25(29)33)17-35-13-5-10-30(34)38)39-18-20-11-12-26-27(14-20)37-41-36-26/h1-4,6-9,11-12,14-16,35H,5,10,13,17-19H2,(H2,34,38). The third-order valence-corrected chi connectivity index (χ3v) is 7.70. The summed E-state index contributed by atoms with van der Waals surface area (Å²) < 4.78 is 18.2. The van der Waals surface area contributed by atoms with Crippen LogP contribution in [0.5, 0.6) is 11.5 Å². The van der Waals surface area contributed by atoms with Crippen molar-refractivity contribution in [3.8, 4) is 22.6 Å². The summed E-state index contributed by atoms with van der Waals surface area (Å²) in [5.41, 5.74) is 11.5. The number of fused-ring (bicyclic) bond motifs is 1. The molecule has 210 valence electrons. The van der Waals surface area contributed by atoms with Crippen LogP contribution in [0.3, 0.4) is 0 Å². The number of halogens is 2. The molecule has 1 aromatic heterocycles. The fourth-order valence-corrected chi connectivity index (χ4v) is 5.18. The molecule has 8 nitrogen and oxygen atoms in total. The van der Waals surface area contributed by atoms with Crippen molar-refractivity contribution in [2.45, 2.75) is 32.6 Å². The van der Waals surface area contributed by atoms with Gasteiger partial charge < -0.3 is 20.5 Å². The first-order valence-electron chi connectivity index (χ1n) is 13.1. The minimum atomic E-state index is -0.319. The Bertz CT molecular complexity index is 1640. The van der Waals surface area contributed by atoms with Gasteiger partial charge in [0.15, 0.2) is 0 Å². The van der Waals surface area contributed by atoms with Gasteiger partial charge in [-0.05, 0) is 74.1 Å². The van der Waals surface area contributed by atoms with E-state index >= 15 is 0 Å². The number of ether oxygens (including phenoxy) is 2. The Balaban J connectivity index is 1.34. The lowest BCUT2D eigenvalue weighted by Crippen LogP contribution is -2.18. The SMILES string of the molecule is NC(=O)CCCNCc1cc(Cl)c(OCc2cccc(-c3ccccc3)c2Br)cc1OCc1ccc2nonc2c1. The molecule has 0 spiro atoms. The van der Waals surface area contributed by atoms with Crippen LogP contribution in [0.4, 0.5) is 0 Å². The largest absolute Gasteiger partial charge is 0.488 e. The molecule has 41 heavy (non-hydrogen) atoms. The minimum absolute atomic E-state index is 0.295. The van der Waals surface area contributed by atoms with Crippen LogP contribution in [0.15, 0.2) is 88.0 Å². The second kappa shape index (κ2) is 13.6. The molecule has 0 fully saturated rings. The molecule has 0 aliphatic rings. The van der Waals surface area contributed by atoms with Gasteiger partial charge >= 0.3 is 0 Å². The summed E-state index contributed by atoms with van der Waals surface area (Å²) in [4.78, 5) is 11.1. The number of carbonyl (C=O) groups excluding carboxylic acids is 1. The molecular formula is C31H28BrClN4O4. The van der Waals surface area contributed by atoms with E-state index in [-0.39, 0.29) is 5.91 Å². The van der Waals surface area contributed by atoms with Gasteiger partial charge in [0.1, 0.15) is 35.7 Å². The van der Waals surface area contributed by atoms with E-state index in [4.69, 9.17) is 31.4 Å². The lowest BCUT2D eigenvalue weighted by molar-refractivity contribution is -0.118. The summed E-state index contributed by atoms with van der Waals surface area (Å²) >= 11 is 10.4. The summed E-state index contributed by atoms with van der Waals surface area (Å²) in [5, 5.41) is 11.6. The van der Waals surface area contributed by atoms with E-state index < -0.39 is 0 Å². The first-order valence-corrected chi connectivity index (χ1v) is 14.3. The Morgan fingerprint density at radius 2 is 1.71 bits per heavy atom. The highest BCUT2D eigenvalue weighted by Crippen LogP contribution is 2.36. The summed E-state index contributed by atoms with van der Waals surface area (Å²) in [7, 11) is 0. The second-order valence-electron chi connectivity index (χ2n) is 9.45. The van der Waals surface area contributed by atoms with Crippen LogP contribution in [-0.2, 0) is 24.6 Å². The minimum Gasteiger partial charge on any atom is -0.488 e. The smallest absolute Gasteiger partial charge is 0.217 e. The maximum Gasteiger partial charge on any atom is 0.217 e. The van der Waals surface area contributed by atoms with E-state index in [1.807, 2.05) is 60.7 Å². The highest BCUT2D eigenvalue weighted by Gasteiger charge is 2.14. The van der Waals surface area contributed by atoms with E-state index in [1.54, 1.807) is 0 Å². The number of carbonyl (C=O) groups is 1. The highest BCUT2D eigenvalue weighted by molar-refractivity contribution is 9.10. The normalized spacial score (nSPS) is 11.1. The van der Waals surface area contributed by atoms with Gasteiger partial charge in [-0.25, -0.2) is 4.63 Å². The summed E-state index contributed by atoms with van der Waals surface area (Å²) in [6.45, 7) is 1.72. The van der Waals surface area contributed by atoms with Crippen LogP contribution in [0.25, 0.3) is 22.2 Å². The number of nitrogens with one attached hydrogen (secondary N) is 1. The Morgan fingerprint density at radius 1 is 0.902 bits per heavy atom. The van der Waals surface area contributed by atoms with E-state index in [0.717, 1.165) is 32.3 Å². The van der Waals surface area contributed by atoms with Crippen molar-refractivity contribution in [3.63, 3.8) is 0 Å². The Kier molecular flexibility index (Phi) is 9.51. The first kappa shape index (κ1) is 28.6. The molecule has 0 aliphatic heterocycles. The molecule has 0 aliphatic carbocycles. The predicted molar refractivity (Wildman–Crippen MR) is 162 cm³/mol. The van der Waals surface area contributed by atoms with Crippen LogP contribution < -0.4 is 20.5 Å². The van der Waals surface area contributed by atoms with Crippen LogP contribution in [0, 0.1) is 0 Å². The second-order valence-corrected chi connectivity index (χ2v) is 10.6. The number of aromatic nitrogens is 2. The monoisotopic (exact) mass is 634 g/mol. The number of hydrogen-bond acceptors (Lipinski definition) is 7. The van der Waals surface area contributed by atoms with Gasteiger partial charge in [0.05, 0.1) is 5.02 Å². The fourth-order valence-electron chi connectivity index (χ4n) is 4.34. The van der Waals surface area contributed by atoms with E-state index in [9.17, 15) is 4.79 Å². The highest BCUT2D eigenvalue weighted by atomic mass is 79.9. The lowest BCUT2D eigenvalue weighted by Gasteiger charge is -2.17. The zero-order valence-corrected chi connectivity index (χ0v) is 24.5. The number of rotatable bonds is 13. The van der Waals surface area contributed by atoms with Gasteiger partial charge in [-0.2, -0.15) is 0 Å². The van der Waals surface area contributed by atoms with Gasteiger partial charge in [0, 0.05) is 34.6 Å². The number of primary amides is 1. The Labute approximate surface area is 250 Å². The molecule has 5 rings (SSSR count). The van der Waals surface area contributed by atoms with Gasteiger partial charge in [-0.1, -0.05) is 66.2 Å². The molecule has 0 bridgehead atoms. The molecule has 0 unspecified atom stereocenters. The van der Waals surface area contributed by atoms with E-state index in [2.05, 4.69) is 49.8 Å². The maximum absolute atomic E-state index is 11.1. The molecule has 3 N–H and O–H groups in total. The zero-order chi connectivity index (χ0) is 28.6. The van der Waals surface area contributed by atoms with Crippen LogP contribution >= 0.6 is 27.5 Å². The first-order chi connectivity index (χ1) is 20.0. The molecule has 0 saturated carbocycles. The van der Waals surface area contributed by atoms with Gasteiger partial charge in [-0.15, -0.1) is 0 Å². The fraction of sp³-hybridized carbons (Fsp3) is 0.194. The number of amides is 1. The van der Waals surface area contributed by atoms with Gasteiger partial charge in [0.2, 0.25) is 5.91 Å². The molecular weight excluding hydrogens is 608 g/mol. The number of hydrogen-bond donors (Lipinski definition) is 2. The van der Waals surface area contributed by atoms with Crippen molar-refractivity contribution in [1.82, 2.24) is 15.6 Å². The summed E-state index contributed by atoms with van der Waals surface area (Å²) in [6, 6.07) is 25.5. The third kappa shape index (κ3) is 7.43. The molecule has 1 heterocycles. The van der Waals surface area contributed by atoms with Gasteiger partial charge in [-0.3, -0.25) is 4.79 Å². The van der Waals surface area contributed by atoms with Crippen molar-refractivity contribution < 1.29 is 18.9 Å². The number of nitrogens with zero attached hydrogens (tertiary/aromatic N) is 2. The topological polar surface area (TPSA) is 113 Å². The summed E-state index contributed by atoms with van der Waals surface area (Å²) in [6.07, 6.45) is 0.966. The molecule has 0 atom stereocenters. The lowest BCUT2D eigenvalue weighted by atomic mass is 10.0. The van der Waals surface area contributed by atoms with Crippen LogP contribution in [0.2, 0.25) is 5.02 Å². The molecule has 0 radical (unpaired) electrons. The quantitative estimate of drug-likeness (QED) is 0.137. The van der Waals surface area contributed by atoms with Crippen molar-refractivity contribution in [2.24, 2.45) is 5.73 Å². The average molecular weight is 636 g/mol. The maximum atomic E-state index is 11.1. The van der Waals surface area contributed by atoms with Crippen molar-refractivity contribution >= 4 is 44.5 Å². The zero-order valence-electron chi connectivity index (χ0n) is 22.1. The summed E-state index contributed by atoms with van der Waals surface area (Å²) in [5.74, 6) is 0.815. The molecule has 10 heteroatoms.